The van der Waals surface area contributed by atoms with Gasteiger partial charge in [0, 0.05) is 40.4 Å². The SMILES string of the molecule is OC(Cc1c[nH]c2ccccc12)(Cn1ccnc1)c1ccc(Br)cc1. The van der Waals surface area contributed by atoms with E-state index in [0.717, 1.165) is 26.5 Å². The number of nitrogens with zero attached hydrogens (tertiary/aromatic N) is 2. The largest absolute Gasteiger partial charge is 0.383 e. The fourth-order valence-electron chi connectivity index (χ4n) is 3.28. The average Bonchev–Trinajstić information content (AvgIpc) is 3.26. The summed E-state index contributed by atoms with van der Waals surface area (Å²) < 4.78 is 2.91. The highest BCUT2D eigenvalue weighted by molar-refractivity contribution is 9.10. The Balaban J connectivity index is 1.75. The predicted molar refractivity (Wildman–Crippen MR) is 102 cm³/mol. The lowest BCUT2D eigenvalue weighted by atomic mass is 9.87. The standard InChI is InChI=1S/C20H18BrN3O/c21-17-7-5-16(6-8-17)20(25,13-24-10-9-22-14-24)11-15-12-23-19-4-2-1-3-18(15)19/h1-10,12,14,23,25H,11,13H2. The Morgan fingerprint density at radius 1 is 1.12 bits per heavy atom. The first kappa shape index (κ1) is 16.1. The van der Waals surface area contributed by atoms with Crippen LogP contribution in [0, 0.1) is 0 Å². The average molecular weight is 396 g/mol. The third kappa shape index (κ3) is 3.25. The molecule has 2 heterocycles. The molecule has 1 atom stereocenters. The van der Waals surface area contributed by atoms with E-state index in [0.29, 0.717) is 13.0 Å². The van der Waals surface area contributed by atoms with Gasteiger partial charge in [-0.3, -0.25) is 0 Å². The van der Waals surface area contributed by atoms with Gasteiger partial charge in [-0.15, -0.1) is 0 Å². The van der Waals surface area contributed by atoms with Gasteiger partial charge in [0.2, 0.25) is 0 Å². The second-order valence-corrected chi connectivity index (χ2v) is 7.23. The van der Waals surface area contributed by atoms with Crippen molar-refractivity contribution in [3.05, 3.63) is 89.0 Å². The van der Waals surface area contributed by atoms with Crippen LogP contribution in [0.3, 0.4) is 0 Å². The molecule has 0 aliphatic heterocycles. The van der Waals surface area contributed by atoms with Gasteiger partial charge in [0.15, 0.2) is 0 Å². The first-order valence-electron chi connectivity index (χ1n) is 8.13. The van der Waals surface area contributed by atoms with Crippen LogP contribution in [-0.2, 0) is 18.6 Å². The van der Waals surface area contributed by atoms with Crippen LogP contribution in [0.1, 0.15) is 11.1 Å². The number of rotatable bonds is 5. The quantitative estimate of drug-likeness (QED) is 0.530. The summed E-state index contributed by atoms with van der Waals surface area (Å²) in [5.41, 5.74) is 2.03. The number of imidazole rings is 1. The lowest BCUT2D eigenvalue weighted by Crippen LogP contribution is -2.33. The molecule has 0 saturated heterocycles. The number of aromatic amines is 1. The Labute approximate surface area is 154 Å². The molecule has 0 radical (unpaired) electrons. The fourth-order valence-corrected chi connectivity index (χ4v) is 3.55. The predicted octanol–water partition coefficient (Wildman–Crippen LogP) is 4.26. The molecule has 4 nitrogen and oxygen atoms in total. The number of hydrogen-bond donors (Lipinski definition) is 2. The molecule has 0 spiro atoms. The van der Waals surface area contributed by atoms with E-state index in [1.54, 1.807) is 12.5 Å². The molecule has 5 heteroatoms. The number of aromatic nitrogens is 3. The summed E-state index contributed by atoms with van der Waals surface area (Å²) >= 11 is 3.46. The number of aliphatic hydroxyl groups is 1. The number of halogens is 1. The van der Waals surface area contributed by atoms with Crippen LogP contribution in [0.25, 0.3) is 10.9 Å². The van der Waals surface area contributed by atoms with Gasteiger partial charge in [0.05, 0.1) is 12.9 Å². The van der Waals surface area contributed by atoms with Crippen molar-refractivity contribution in [1.29, 1.82) is 0 Å². The van der Waals surface area contributed by atoms with Crippen molar-refractivity contribution in [2.45, 2.75) is 18.6 Å². The van der Waals surface area contributed by atoms with Crippen molar-refractivity contribution in [2.75, 3.05) is 0 Å². The highest BCUT2D eigenvalue weighted by atomic mass is 79.9. The minimum atomic E-state index is -1.04. The van der Waals surface area contributed by atoms with Crippen molar-refractivity contribution in [1.82, 2.24) is 14.5 Å². The third-order valence-electron chi connectivity index (χ3n) is 4.54. The van der Waals surface area contributed by atoms with Gasteiger partial charge in [-0.1, -0.05) is 46.3 Å². The van der Waals surface area contributed by atoms with Crippen LogP contribution in [0.15, 0.2) is 77.9 Å². The van der Waals surface area contributed by atoms with Gasteiger partial charge >= 0.3 is 0 Å². The topological polar surface area (TPSA) is 53.8 Å². The molecule has 4 rings (SSSR count). The molecule has 2 aromatic heterocycles. The molecule has 0 bridgehead atoms. The van der Waals surface area contributed by atoms with Gasteiger partial charge in [-0.05, 0) is 29.3 Å². The van der Waals surface area contributed by atoms with Crippen LogP contribution in [0.5, 0.6) is 0 Å². The molecule has 25 heavy (non-hydrogen) atoms. The number of fused-ring (bicyclic) bond motifs is 1. The van der Waals surface area contributed by atoms with E-state index in [-0.39, 0.29) is 0 Å². The minimum absolute atomic E-state index is 0.439. The Morgan fingerprint density at radius 2 is 1.92 bits per heavy atom. The van der Waals surface area contributed by atoms with E-state index >= 15 is 0 Å². The zero-order valence-electron chi connectivity index (χ0n) is 13.6. The van der Waals surface area contributed by atoms with Crippen LogP contribution in [0.4, 0.5) is 0 Å². The van der Waals surface area contributed by atoms with E-state index in [9.17, 15) is 5.11 Å². The molecule has 0 fully saturated rings. The molecular weight excluding hydrogens is 378 g/mol. The van der Waals surface area contributed by atoms with Crippen LogP contribution >= 0.6 is 15.9 Å². The summed E-state index contributed by atoms with van der Waals surface area (Å²) in [6.07, 6.45) is 7.84. The van der Waals surface area contributed by atoms with Crippen molar-refractivity contribution >= 4 is 26.8 Å². The van der Waals surface area contributed by atoms with Crippen LogP contribution in [0.2, 0.25) is 0 Å². The molecule has 2 aromatic carbocycles. The van der Waals surface area contributed by atoms with Crippen molar-refractivity contribution in [2.24, 2.45) is 0 Å². The summed E-state index contributed by atoms with van der Waals surface area (Å²) in [5, 5.41) is 12.7. The van der Waals surface area contributed by atoms with Crippen molar-refractivity contribution < 1.29 is 5.11 Å². The summed E-state index contributed by atoms with van der Waals surface area (Å²) in [6.45, 7) is 0.439. The van der Waals surface area contributed by atoms with Gasteiger partial charge in [0.1, 0.15) is 5.60 Å². The van der Waals surface area contributed by atoms with Crippen LogP contribution < -0.4 is 0 Å². The number of benzene rings is 2. The fraction of sp³-hybridized carbons (Fsp3) is 0.150. The van der Waals surface area contributed by atoms with Gasteiger partial charge in [-0.2, -0.15) is 0 Å². The molecule has 2 N–H and O–H groups in total. The summed E-state index contributed by atoms with van der Waals surface area (Å²) in [7, 11) is 0. The number of hydrogen-bond acceptors (Lipinski definition) is 2. The molecule has 0 aliphatic rings. The van der Waals surface area contributed by atoms with E-state index in [4.69, 9.17) is 0 Å². The molecule has 0 aliphatic carbocycles. The minimum Gasteiger partial charge on any atom is -0.383 e. The maximum Gasteiger partial charge on any atom is 0.112 e. The summed E-state index contributed by atoms with van der Waals surface area (Å²) in [4.78, 5) is 7.39. The Bertz CT molecular complexity index is 976. The highest BCUT2D eigenvalue weighted by Crippen LogP contribution is 2.31. The van der Waals surface area contributed by atoms with E-state index in [2.05, 4.69) is 32.0 Å². The summed E-state index contributed by atoms with van der Waals surface area (Å²) in [5.74, 6) is 0. The monoisotopic (exact) mass is 395 g/mol. The third-order valence-corrected chi connectivity index (χ3v) is 5.07. The zero-order valence-corrected chi connectivity index (χ0v) is 15.1. The molecular formula is C20H18BrN3O. The Hall–Kier alpha value is -2.37. The van der Waals surface area contributed by atoms with Gasteiger partial charge < -0.3 is 14.7 Å². The Kier molecular flexibility index (Phi) is 4.19. The normalized spacial score (nSPS) is 13.8. The lowest BCUT2D eigenvalue weighted by molar-refractivity contribution is 0.0188. The molecule has 0 amide bonds. The number of para-hydroxylation sites is 1. The first-order chi connectivity index (χ1) is 12.1. The number of nitrogens with one attached hydrogen (secondary N) is 1. The van der Waals surface area contributed by atoms with Gasteiger partial charge in [0.25, 0.3) is 0 Å². The smallest absolute Gasteiger partial charge is 0.112 e. The summed E-state index contributed by atoms with van der Waals surface area (Å²) in [6, 6.07) is 16.0. The molecule has 4 aromatic rings. The molecule has 126 valence electrons. The van der Waals surface area contributed by atoms with Gasteiger partial charge in [-0.25, -0.2) is 4.98 Å². The maximum atomic E-state index is 11.6. The van der Waals surface area contributed by atoms with E-state index < -0.39 is 5.60 Å². The molecule has 0 saturated carbocycles. The highest BCUT2D eigenvalue weighted by Gasteiger charge is 2.31. The van der Waals surface area contributed by atoms with Crippen LogP contribution in [-0.4, -0.2) is 19.6 Å². The maximum absolute atomic E-state index is 11.6. The second kappa shape index (κ2) is 6.50. The van der Waals surface area contributed by atoms with Crippen molar-refractivity contribution in [3.8, 4) is 0 Å². The lowest BCUT2D eigenvalue weighted by Gasteiger charge is -2.29. The van der Waals surface area contributed by atoms with Crippen molar-refractivity contribution in [3.63, 3.8) is 0 Å². The first-order valence-corrected chi connectivity index (χ1v) is 8.92. The zero-order chi connectivity index (χ0) is 17.3. The second-order valence-electron chi connectivity index (χ2n) is 6.31. The van der Waals surface area contributed by atoms with E-state index in [1.807, 2.05) is 59.4 Å². The van der Waals surface area contributed by atoms with E-state index in [1.165, 1.54) is 0 Å². The molecule has 1 unspecified atom stereocenters. The number of H-pyrrole nitrogens is 1. The Morgan fingerprint density at radius 3 is 2.68 bits per heavy atom.